The molecular weight excluding hydrogens is 233 g/mol. The highest BCUT2D eigenvalue weighted by Gasteiger charge is 2.26. The summed E-state index contributed by atoms with van der Waals surface area (Å²) >= 11 is 0. The number of hydrazone groups is 1. The van der Waals surface area contributed by atoms with E-state index in [4.69, 9.17) is 10.0 Å². The van der Waals surface area contributed by atoms with Gasteiger partial charge in [-0.15, -0.1) is 0 Å². The number of aromatic nitrogens is 2. The van der Waals surface area contributed by atoms with Crippen molar-refractivity contribution in [3.05, 3.63) is 30.9 Å². The quantitative estimate of drug-likeness (QED) is 0.701. The second-order valence-electron chi connectivity index (χ2n) is 3.74. The van der Waals surface area contributed by atoms with Crippen LogP contribution in [0, 0.1) is 0 Å². The van der Waals surface area contributed by atoms with Gasteiger partial charge in [-0.25, -0.2) is 15.0 Å². The average Bonchev–Trinajstić information content (AvgIpc) is 2.35. The number of rotatable bonds is 2. The third kappa shape index (κ3) is 2.61. The highest BCUT2D eigenvalue weighted by molar-refractivity contribution is 6.81. The lowest BCUT2D eigenvalue weighted by atomic mass is 9.79. The van der Waals surface area contributed by atoms with E-state index in [9.17, 15) is 0 Å². The van der Waals surface area contributed by atoms with Gasteiger partial charge in [0.15, 0.2) is 5.82 Å². The molecule has 92 valence electrons. The molecule has 2 rings (SSSR count). The maximum Gasteiger partial charge on any atom is 0.505 e. The van der Waals surface area contributed by atoms with Gasteiger partial charge in [-0.1, -0.05) is 6.58 Å². The van der Waals surface area contributed by atoms with Crippen molar-refractivity contribution in [2.45, 2.75) is 6.42 Å². The first-order chi connectivity index (χ1) is 8.58. The lowest BCUT2D eigenvalue weighted by Gasteiger charge is -2.24. The Bertz CT molecular complexity index is 514. The van der Waals surface area contributed by atoms with Gasteiger partial charge >= 0.3 is 7.12 Å². The van der Waals surface area contributed by atoms with Crippen LogP contribution in [0.15, 0.2) is 41.0 Å². The van der Waals surface area contributed by atoms with Crippen LogP contribution in [0.5, 0.6) is 0 Å². The van der Waals surface area contributed by atoms with Gasteiger partial charge in [0.2, 0.25) is 0 Å². The summed E-state index contributed by atoms with van der Waals surface area (Å²) in [6, 6.07) is 1.65. The van der Waals surface area contributed by atoms with Crippen molar-refractivity contribution in [2.75, 3.05) is 7.05 Å². The van der Waals surface area contributed by atoms with Crippen LogP contribution in [0.2, 0.25) is 0 Å². The summed E-state index contributed by atoms with van der Waals surface area (Å²) in [7, 11) is 0.0653. The van der Waals surface area contributed by atoms with E-state index >= 15 is 0 Å². The second-order valence-corrected chi connectivity index (χ2v) is 3.74. The molecule has 0 fully saturated rings. The lowest BCUT2D eigenvalue weighted by Crippen LogP contribution is -2.36. The molecule has 0 saturated heterocycles. The van der Waals surface area contributed by atoms with Crippen LogP contribution in [0.3, 0.4) is 0 Å². The van der Waals surface area contributed by atoms with Gasteiger partial charge in [0.1, 0.15) is 6.33 Å². The van der Waals surface area contributed by atoms with Gasteiger partial charge in [0.25, 0.3) is 0 Å². The van der Waals surface area contributed by atoms with Crippen LogP contribution in [0.25, 0.3) is 0 Å². The number of nitrogens with zero attached hydrogens (tertiary/aromatic N) is 5. The van der Waals surface area contributed by atoms with Crippen LogP contribution in [0.4, 0.5) is 5.82 Å². The topological polar surface area (TPSA) is 94.2 Å². The van der Waals surface area contributed by atoms with E-state index < -0.39 is 7.12 Å². The Morgan fingerprint density at radius 3 is 2.89 bits per heavy atom. The molecule has 8 heteroatoms. The number of hydrogen-bond donors (Lipinski definition) is 2. The highest BCUT2D eigenvalue weighted by atomic mass is 16.4. The normalized spacial score (nSPS) is 17.9. The Labute approximate surface area is 104 Å². The van der Waals surface area contributed by atoms with Gasteiger partial charge in [-0.3, -0.25) is 5.01 Å². The molecule has 0 aromatic carbocycles. The maximum absolute atomic E-state index is 9.15. The van der Waals surface area contributed by atoms with E-state index in [1.165, 1.54) is 11.3 Å². The first-order valence-electron chi connectivity index (χ1n) is 5.28. The summed E-state index contributed by atoms with van der Waals surface area (Å²) in [5, 5.41) is 23.8. The Kier molecular flexibility index (Phi) is 3.49. The Morgan fingerprint density at radius 1 is 1.50 bits per heavy atom. The van der Waals surface area contributed by atoms with Crippen molar-refractivity contribution < 1.29 is 10.0 Å². The molecule has 0 atom stereocenters. The predicted molar refractivity (Wildman–Crippen MR) is 68.3 cm³/mol. The Morgan fingerprint density at radius 2 is 2.28 bits per heavy atom. The molecule has 0 aliphatic carbocycles. The molecule has 2 heterocycles. The zero-order chi connectivity index (χ0) is 13.1. The monoisotopic (exact) mass is 245 g/mol. The van der Waals surface area contributed by atoms with Crippen molar-refractivity contribution in [3.63, 3.8) is 0 Å². The fraction of sp³-hybridized carbons (Fsp3) is 0.200. The first kappa shape index (κ1) is 12.4. The van der Waals surface area contributed by atoms with Crippen molar-refractivity contribution >= 4 is 24.3 Å². The van der Waals surface area contributed by atoms with Crippen molar-refractivity contribution in [1.82, 2.24) is 15.0 Å². The van der Waals surface area contributed by atoms with E-state index in [2.05, 4.69) is 26.6 Å². The first-order valence-corrected chi connectivity index (χ1v) is 5.28. The average molecular weight is 245 g/mol. The van der Waals surface area contributed by atoms with Crippen LogP contribution in [0.1, 0.15) is 6.42 Å². The van der Waals surface area contributed by atoms with Crippen molar-refractivity contribution in [2.24, 2.45) is 10.1 Å². The summed E-state index contributed by atoms with van der Waals surface area (Å²) in [6.07, 6.45) is 3.20. The molecule has 7 nitrogen and oxygen atoms in total. The molecule has 0 amide bonds. The van der Waals surface area contributed by atoms with Crippen molar-refractivity contribution in [3.8, 4) is 0 Å². The molecule has 0 radical (unpaired) electrons. The number of aliphatic imine (C=N–C) groups is 1. The summed E-state index contributed by atoms with van der Waals surface area (Å²) in [5.74, 6) is 0.489. The minimum Gasteiger partial charge on any atom is -0.422 e. The number of hydrogen-bond acceptors (Lipinski definition) is 7. The third-order valence-corrected chi connectivity index (χ3v) is 2.46. The molecule has 1 aromatic heterocycles. The highest BCUT2D eigenvalue weighted by Crippen LogP contribution is 2.17. The maximum atomic E-state index is 9.15. The van der Waals surface area contributed by atoms with Crippen molar-refractivity contribution in [1.29, 1.82) is 0 Å². The van der Waals surface area contributed by atoms with E-state index in [1.807, 2.05) is 0 Å². The summed E-state index contributed by atoms with van der Waals surface area (Å²) in [6.45, 7) is 3.85. The Balaban J connectivity index is 2.32. The lowest BCUT2D eigenvalue weighted by molar-refractivity contribution is 0.419. The molecule has 0 saturated carbocycles. The molecule has 0 spiro atoms. The molecule has 0 unspecified atom stereocenters. The SMILES string of the molecule is C=C1C(=Nc2ccncn2)CC(B(O)O)=NN1C. The number of allylic oxidation sites excluding steroid dienone is 1. The fourth-order valence-corrected chi connectivity index (χ4v) is 1.48. The minimum absolute atomic E-state index is 0.220. The standard InChI is InChI=1S/C10H12BN5O2/c1-7-8(14-10-3-4-12-6-13-10)5-9(11(17)18)15-16(7)2/h3-4,6,17-18H,1,5H2,2H3. The second kappa shape index (κ2) is 5.07. The van der Waals surface area contributed by atoms with E-state index in [-0.39, 0.29) is 12.0 Å². The van der Waals surface area contributed by atoms with Gasteiger partial charge in [-0.2, -0.15) is 5.10 Å². The van der Waals surface area contributed by atoms with Gasteiger partial charge in [0, 0.05) is 25.7 Å². The summed E-state index contributed by atoms with van der Waals surface area (Å²) in [5.41, 5.74) is 1.41. The predicted octanol–water partition coefficient (Wildman–Crippen LogP) is -0.234. The zero-order valence-electron chi connectivity index (χ0n) is 9.85. The van der Waals surface area contributed by atoms with Crippen LogP contribution < -0.4 is 0 Å². The summed E-state index contributed by atoms with van der Waals surface area (Å²) in [4.78, 5) is 12.1. The molecular formula is C10H12BN5O2. The van der Waals surface area contributed by atoms with E-state index in [1.54, 1.807) is 19.3 Å². The minimum atomic E-state index is -1.60. The molecule has 1 aliphatic rings. The Hall–Kier alpha value is -2.06. The van der Waals surface area contributed by atoms with Gasteiger partial charge in [0.05, 0.1) is 17.0 Å². The van der Waals surface area contributed by atoms with Gasteiger partial charge < -0.3 is 10.0 Å². The molecule has 0 bridgehead atoms. The van der Waals surface area contributed by atoms with Gasteiger partial charge in [-0.05, 0) is 0 Å². The largest absolute Gasteiger partial charge is 0.505 e. The molecule has 18 heavy (non-hydrogen) atoms. The summed E-state index contributed by atoms with van der Waals surface area (Å²) < 4.78 is 0. The van der Waals surface area contributed by atoms with E-state index in [0.717, 1.165) is 0 Å². The fourth-order valence-electron chi connectivity index (χ4n) is 1.48. The third-order valence-electron chi connectivity index (χ3n) is 2.46. The van der Waals surface area contributed by atoms with Crippen LogP contribution >= 0.6 is 0 Å². The smallest absolute Gasteiger partial charge is 0.422 e. The zero-order valence-corrected chi connectivity index (χ0v) is 9.85. The molecule has 1 aromatic rings. The van der Waals surface area contributed by atoms with Crippen LogP contribution in [-0.2, 0) is 0 Å². The van der Waals surface area contributed by atoms with Crippen LogP contribution in [-0.4, -0.2) is 50.5 Å². The molecule has 1 aliphatic heterocycles. The molecule has 2 N–H and O–H groups in total. The van der Waals surface area contributed by atoms with E-state index in [0.29, 0.717) is 17.2 Å².